The summed E-state index contributed by atoms with van der Waals surface area (Å²) in [6.07, 6.45) is 0.249. The van der Waals surface area contributed by atoms with E-state index in [1.54, 1.807) is 0 Å². The largest absolute Gasteiger partial charge is 0.418 e. The van der Waals surface area contributed by atoms with E-state index >= 15 is 0 Å². The van der Waals surface area contributed by atoms with E-state index in [1.165, 1.54) is 12.1 Å². The van der Waals surface area contributed by atoms with Crippen LogP contribution in [0.2, 0.25) is 0 Å². The van der Waals surface area contributed by atoms with E-state index < -0.39 is 45.2 Å². The molecular formula is C24H30F3N3O4S. The second-order valence-corrected chi connectivity index (χ2v) is 11.8. The molecule has 2 amide bonds. The Morgan fingerprint density at radius 3 is 2.17 bits per heavy atom. The van der Waals surface area contributed by atoms with Crippen molar-refractivity contribution in [1.29, 1.82) is 0 Å². The van der Waals surface area contributed by atoms with Crippen LogP contribution < -0.4 is 15.4 Å². The minimum absolute atomic E-state index is 0.0491. The number of amides is 2. The topological polar surface area (TPSA) is 110 Å². The molecule has 2 atom stereocenters. The molecule has 0 saturated heterocycles. The van der Waals surface area contributed by atoms with Crippen LogP contribution >= 0.6 is 0 Å². The Bertz CT molecular complexity index is 1090. The van der Waals surface area contributed by atoms with E-state index in [0.29, 0.717) is 35.9 Å². The molecule has 5 saturated carbocycles. The molecule has 1 aromatic rings. The molecular weight excluding hydrogens is 483 g/mol. The Hall–Kier alpha value is -2.30. The molecule has 5 aliphatic carbocycles. The number of halogens is 3. The van der Waals surface area contributed by atoms with Gasteiger partial charge in [-0.3, -0.25) is 13.9 Å². The minimum atomic E-state index is -4.78. The second kappa shape index (κ2) is 8.38. The molecule has 6 rings (SSSR count). The number of alkyl halides is 3. The van der Waals surface area contributed by atoms with Gasteiger partial charge in [0.2, 0.25) is 22.7 Å². The molecule has 5 aliphatic rings. The lowest BCUT2D eigenvalue weighted by atomic mass is 9.47. The maximum Gasteiger partial charge on any atom is 0.418 e. The second-order valence-electron chi connectivity index (χ2n) is 10.9. The number of anilines is 1. The average molecular weight is 514 g/mol. The van der Waals surface area contributed by atoms with Gasteiger partial charge in [0.25, 0.3) is 0 Å². The summed E-state index contributed by atoms with van der Waals surface area (Å²) < 4.78 is 67.1. The van der Waals surface area contributed by atoms with Crippen LogP contribution in [0, 0.1) is 23.2 Å². The maximum absolute atomic E-state index is 13.9. The predicted molar refractivity (Wildman–Crippen MR) is 123 cm³/mol. The van der Waals surface area contributed by atoms with Crippen molar-refractivity contribution in [3.63, 3.8) is 0 Å². The van der Waals surface area contributed by atoms with E-state index in [4.69, 9.17) is 5.73 Å². The normalized spacial score (nSPS) is 33.1. The number of hydrogen-bond acceptors (Lipinski definition) is 4. The molecule has 11 heteroatoms. The molecule has 5 fully saturated rings. The van der Waals surface area contributed by atoms with Crippen molar-refractivity contribution in [2.24, 2.45) is 28.9 Å². The Kier molecular flexibility index (Phi) is 5.84. The van der Waals surface area contributed by atoms with Gasteiger partial charge in [-0.15, -0.1) is 0 Å². The van der Waals surface area contributed by atoms with Crippen molar-refractivity contribution in [2.45, 2.75) is 75.5 Å². The summed E-state index contributed by atoms with van der Waals surface area (Å²) in [6, 6.07) is 4.25. The highest BCUT2D eigenvalue weighted by atomic mass is 32.2. The number of nitrogens with zero attached hydrogens (tertiary/aromatic N) is 1. The lowest BCUT2D eigenvalue weighted by molar-refractivity contribution is -0.148. The van der Waals surface area contributed by atoms with Crippen molar-refractivity contribution in [2.75, 3.05) is 4.31 Å². The number of carbonyl (C=O) groups is 2. The highest BCUT2D eigenvalue weighted by Gasteiger charge is 2.59. The number of nitrogens with two attached hydrogens (primary N) is 1. The standard InChI is InChI=1S/C24H30F3N3O4S/c25-24(26,27)17-5-1-2-6-18(17)30(35(33)34)23(7-3-4-8-23)21(32)29-19-15-9-14-10-16(19)13-22(11-14,12-15)20(28)31/h1-2,5-6,14-16,19,35H,3-4,7-13H2,(H2,28,31)(H,29,32). The van der Waals surface area contributed by atoms with E-state index in [0.717, 1.165) is 31.4 Å². The van der Waals surface area contributed by atoms with Gasteiger partial charge in [0.05, 0.1) is 11.3 Å². The molecule has 0 aromatic heterocycles. The fourth-order valence-corrected chi connectivity index (χ4v) is 8.67. The van der Waals surface area contributed by atoms with E-state index in [9.17, 15) is 31.2 Å². The van der Waals surface area contributed by atoms with Gasteiger partial charge in [0, 0.05) is 11.5 Å². The van der Waals surface area contributed by atoms with Crippen LogP contribution in [0.5, 0.6) is 0 Å². The van der Waals surface area contributed by atoms with Crippen LogP contribution in [-0.2, 0) is 26.7 Å². The zero-order chi connectivity index (χ0) is 25.2. The summed E-state index contributed by atoms with van der Waals surface area (Å²) in [7, 11) is -3.54. The quantitative estimate of drug-likeness (QED) is 0.508. The van der Waals surface area contributed by atoms with Crippen LogP contribution in [0.15, 0.2) is 24.3 Å². The zero-order valence-electron chi connectivity index (χ0n) is 19.2. The Balaban J connectivity index is 1.48. The molecule has 7 nitrogen and oxygen atoms in total. The van der Waals surface area contributed by atoms with Gasteiger partial charge in [0.15, 0.2) is 0 Å². The Labute approximate surface area is 203 Å². The summed E-state index contributed by atoms with van der Waals surface area (Å²) in [6.45, 7) is 0. The fourth-order valence-electron chi connectivity index (χ4n) is 7.72. The molecule has 1 aromatic carbocycles. The molecule has 4 bridgehead atoms. The lowest BCUT2D eigenvalue weighted by Crippen LogP contribution is -2.66. The van der Waals surface area contributed by atoms with E-state index in [2.05, 4.69) is 5.32 Å². The molecule has 0 aliphatic heterocycles. The van der Waals surface area contributed by atoms with Crippen LogP contribution in [0.4, 0.5) is 18.9 Å². The van der Waals surface area contributed by atoms with Crippen molar-refractivity contribution in [3.05, 3.63) is 29.8 Å². The van der Waals surface area contributed by atoms with Crippen molar-refractivity contribution in [3.8, 4) is 0 Å². The molecule has 0 heterocycles. The van der Waals surface area contributed by atoms with Crippen LogP contribution in [0.1, 0.15) is 63.4 Å². The van der Waals surface area contributed by atoms with Gasteiger partial charge in [-0.2, -0.15) is 13.2 Å². The van der Waals surface area contributed by atoms with E-state index in [-0.39, 0.29) is 36.6 Å². The number of thiol groups is 1. The molecule has 0 radical (unpaired) electrons. The third-order valence-electron chi connectivity index (χ3n) is 8.95. The van der Waals surface area contributed by atoms with Crippen molar-refractivity contribution >= 4 is 28.4 Å². The Morgan fingerprint density at radius 2 is 1.63 bits per heavy atom. The highest BCUT2D eigenvalue weighted by Crippen LogP contribution is 2.60. The number of rotatable bonds is 6. The molecule has 192 valence electrons. The zero-order valence-corrected chi connectivity index (χ0v) is 20.1. The third-order valence-corrected chi connectivity index (χ3v) is 9.88. The minimum Gasteiger partial charge on any atom is -0.369 e. The summed E-state index contributed by atoms with van der Waals surface area (Å²) in [5, 5.41) is 3.08. The third kappa shape index (κ3) is 3.90. The summed E-state index contributed by atoms with van der Waals surface area (Å²) >= 11 is 0. The number of benzene rings is 1. The molecule has 3 N–H and O–H groups in total. The average Bonchev–Trinajstić information content (AvgIpc) is 3.26. The number of para-hydroxylation sites is 1. The molecule has 0 spiro atoms. The van der Waals surface area contributed by atoms with E-state index in [1.807, 2.05) is 0 Å². The molecule has 35 heavy (non-hydrogen) atoms. The molecule has 2 unspecified atom stereocenters. The Morgan fingerprint density at radius 1 is 1.03 bits per heavy atom. The first-order valence-electron chi connectivity index (χ1n) is 12.2. The smallest absolute Gasteiger partial charge is 0.369 e. The first-order chi connectivity index (χ1) is 16.5. The summed E-state index contributed by atoms with van der Waals surface area (Å²) in [4.78, 5) is 26.1. The number of nitrogens with one attached hydrogen (secondary N) is 1. The first-order valence-corrected chi connectivity index (χ1v) is 13.3. The van der Waals surface area contributed by atoms with Crippen molar-refractivity contribution in [1.82, 2.24) is 5.32 Å². The van der Waals surface area contributed by atoms with Gasteiger partial charge in [-0.1, -0.05) is 25.0 Å². The lowest BCUT2D eigenvalue weighted by Gasteiger charge is -2.59. The first kappa shape index (κ1) is 24.4. The van der Waals surface area contributed by atoms with Gasteiger partial charge in [-0.25, -0.2) is 8.42 Å². The van der Waals surface area contributed by atoms with Crippen molar-refractivity contribution < 1.29 is 31.2 Å². The van der Waals surface area contributed by atoms with Gasteiger partial charge in [0.1, 0.15) is 5.54 Å². The van der Waals surface area contributed by atoms with Crippen LogP contribution in [0.3, 0.4) is 0 Å². The number of hydrogen-bond donors (Lipinski definition) is 3. The predicted octanol–water partition coefficient (Wildman–Crippen LogP) is 3.15. The van der Waals surface area contributed by atoms with Gasteiger partial charge >= 0.3 is 6.18 Å². The van der Waals surface area contributed by atoms with Gasteiger partial charge in [-0.05, 0) is 74.8 Å². The summed E-state index contributed by atoms with van der Waals surface area (Å²) in [5.74, 6) is -0.370. The number of primary amides is 1. The number of carbonyl (C=O) groups excluding carboxylic acids is 2. The van der Waals surface area contributed by atoms with Crippen LogP contribution in [-0.4, -0.2) is 31.8 Å². The van der Waals surface area contributed by atoms with Gasteiger partial charge < -0.3 is 11.1 Å². The monoisotopic (exact) mass is 513 g/mol. The maximum atomic E-state index is 13.9. The summed E-state index contributed by atoms with van der Waals surface area (Å²) in [5.41, 5.74) is 1.98. The fraction of sp³-hybridized carbons (Fsp3) is 0.667. The van der Waals surface area contributed by atoms with Crippen LogP contribution in [0.25, 0.3) is 0 Å². The highest BCUT2D eigenvalue weighted by molar-refractivity contribution is 7.74. The SMILES string of the molecule is NC(=O)C12CC3CC(C1)C(NC(=O)C1(N(c4ccccc4C(F)(F)F)[SH](=O)=O)CCCC1)C(C3)C2.